The number of ketones is 1. The van der Waals surface area contributed by atoms with Gasteiger partial charge in [-0.3, -0.25) is 23.4 Å². The van der Waals surface area contributed by atoms with Crippen molar-refractivity contribution in [3.63, 3.8) is 0 Å². The number of ether oxygens (including phenoxy) is 6. The van der Waals surface area contributed by atoms with E-state index in [1.165, 1.54) is 132 Å². The average molecular weight is 1510 g/mol. The Labute approximate surface area is 594 Å². The van der Waals surface area contributed by atoms with Crippen LogP contribution in [-0.4, -0.2) is 310 Å². The monoisotopic (exact) mass is 1510 g/mol. The number of carbonyl (C=O) groups is 8. The van der Waals surface area contributed by atoms with E-state index in [0.717, 1.165) is 39.9 Å². The summed E-state index contributed by atoms with van der Waals surface area (Å²) < 4.78 is 114. The number of sulfonamides is 2. The van der Waals surface area contributed by atoms with Crippen molar-refractivity contribution in [2.75, 3.05) is 186 Å². The van der Waals surface area contributed by atoms with Crippen LogP contribution in [0.15, 0.2) is 105 Å². The summed E-state index contributed by atoms with van der Waals surface area (Å²) in [4.78, 5) is 86.7. The van der Waals surface area contributed by atoms with Gasteiger partial charge in [-0.05, 0) is 35.0 Å². The Morgan fingerprint density at radius 2 is 0.479 bits per heavy atom. The molecule has 0 heterocycles. The fraction of sp³-hybridized carbons (Fsp3) is 0.600. The van der Waals surface area contributed by atoms with Crippen LogP contribution < -0.4 is 0 Å². The van der Waals surface area contributed by atoms with Gasteiger partial charge >= 0.3 is 41.9 Å². The number of aliphatic hydroxyl groups is 1. The summed E-state index contributed by atoms with van der Waals surface area (Å²) in [6.07, 6.45) is 7.37. The van der Waals surface area contributed by atoms with Crippen molar-refractivity contribution in [1.29, 1.82) is 0 Å². The Bertz CT molecular complexity index is 1880. The molecule has 4 amide bonds. The molecule has 0 aliphatic heterocycles. The van der Waals surface area contributed by atoms with E-state index in [1.807, 2.05) is 26.0 Å². The minimum absolute atomic E-state index is 0. The quantitative estimate of drug-likeness (QED) is 0.117. The van der Waals surface area contributed by atoms with E-state index in [1.54, 1.807) is 68.9 Å². The SMILES string of the molecule is C.C.C.C=C.C=C.C=C.C=C.C=C.C=C.C=C.C=CO.CC(=O)N(C)C.CC(=O)N(C)C.CC(C)=O.CN(C)C.CN(C)S(C)(=O)=O.CN(C)S(C)(=O)=O.COC(=O)N(C)C.COC(=O)N(C)C.COC(=O)OC.COC(C)=O.COC(C)=O.CS(C)(=O)=O.CS(C)=O.O=S=O. The molecule has 0 unspecified atom stereocenters. The maximum atomic E-state index is 10.3. The van der Waals surface area contributed by atoms with E-state index in [0.29, 0.717) is 0 Å². The molecule has 0 fully saturated rings. The Morgan fingerprint density at radius 1 is 0.396 bits per heavy atom. The second-order valence-corrected chi connectivity index (χ2v) is 23.4. The van der Waals surface area contributed by atoms with Gasteiger partial charge in [-0.2, -0.15) is 8.42 Å². The first-order valence-corrected chi connectivity index (χ1v) is 33.0. The molecule has 1 N–H and O–H groups in total. The molecule has 0 aromatic heterocycles. The summed E-state index contributed by atoms with van der Waals surface area (Å²) in [6, 6.07) is 0. The van der Waals surface area contributed by atoms with E-state index >= 15 is 0 Å². The second kappa shape index (κ2) is 148. The van der Waals surface area contributed by atoms with Crippen LogP contribution in [0.1, 0.15) is 63.8 Å². The zero-order chi connectivity index (χ0) is 82.4. The van der Waals surface area contributed by atoms with Crippen LogP contribution in [0, 0.1) is 0 Å². The van der Waals surface area contributed by atoms with E-state index < -0.39 is 58.4 Å². The smallest absolute Gasteiger partial charge is 0.507 e. The van der Waals surface area contributed by atoms with Gasteiger partial charge in [0.25, 0.3) is 0 Å². The highest BCUT2D eigenvalue weighted by Gasteiger charge is 2.02. The topological polar surface area (TPSA) is 388 Å². The third-order valence-electron chi connectivity index (χ3n) is 4.57. The van der Waals surface area contributed by atoms with Crippen LogP contribution in [0.4, 0.5) is 14.4 Å². The van der Waals surface area contributed by atoms with Crippen LogP contribution in [-0.2, 0) is 105 Å². The summed E-state index contributed by atoms with van der Waals surface area (Å²) in [5, 5.41) is 7.33. The van der Waals surface area contributed by atoms with E-state index in [-0.39, 0.29) is 64.0 Å². The fourth-order valence-electron chi connectivity index (χ4n) is 0.448. The number of nitrogens with zero attached hydrogens (tertiary/aromatic N) is 7. The molecule has 0 radical (unpaired) electrons. The summed E-state index contributed by atoms with van der Waals surface area (Å²) in [7, 11) is 24.2. The highest BCUT2D eigenvalue weighted by Crippen LogP contribution is 1.84. The largest absolute Gasteiger partial charge is 0.516 e. The molecule has 96 heavy (non-hydrogen) atoms. The van der Waals surface area contributed by atoms with Gasteiger partial charge in [-0.1, -0.05) is 28.9 Å². The number of hydrogen-bond acceptors (Lipinski definition) is 25. The van der Waals surface area contributed by atoms with E-state index in [4.69, 9.17) is 13.5 Å². The Morgan fingerprint density at radius 3 is 0.479 bits per heavy atom. The maximum Gasteiger partial charge on any atom is 0.507 e. The molecule has 0 atom stereocenters. The molecule has 0 saturated carbocycles. The summed E-state index contributed by atoms with van der Waals surface area (Å²) in [5.74, 6) is -0.139. The highest BCUT2D eigenvalue weighted by molar-refractivity contribution is 7.90. The van der Waals surface area contributed by atoms with Gasteiger partial charge in [0.2, 0.25) is 31.9 Å². The molecule has 36 heteroatoms. The predicted octanol–water partition coefficient (Wildman–Crippen LogP) is 8.56. The van der Waals surface area contributed by atoms with Gasteiger partial charge in [0, 0.05) is 148 Å². The van der Waals surface area contributed by atoms with Crippen molar-refractivity contribution in [2.45, 2.75) is 63.8 Å². The fourth-order valence-corrected chi connectivity index (χ4v) is 0.448. The van der Waals surface area contributed by atoms with Gasteiger partial charge in [0.1, 0.15) is 15.6 Å². The Kier molecular flexibility index (Phi) is 260. The normalized spacial score (nSPS) is 7.26. The van der Waals surface area contributed by atoms with Gasteiger partial charge in [-0.25, -0.2) is 48.2 Å². The summed E-state index contributed by atoms with van der Waals surface area (Å²) in [6.45, 7) is 53.8. The number of hydrogen-bond donors (Lipinski definition) is 1. The Hall–Kier alpha value is -7.22. The zero-order valence-electron chi connectivity index (χ0n) is 63.2. The molecular weight excluding hydrogens is 1360 g/mol. The summed E-state index contributed by atoms with van der Waals surface area (Å²) >= 11 is -0.750. The van der Waals surface area contributed by atoms with Crippen molar-refractivity contribution in [3.8, 4) is 0 Å². The van der Waals surface area contributed by atoms with Crippen molar-refractivity contribution in [2.24, 2.45) is 0 Å². The first kappa shape index (κ1) is 168. The maximum absolute atomic E-state index is 10.3. The van der Waals surface area contributed by atoms with Crippen molar-refractivity contribution >= 4 is 100 Å². The molecular formula is C60H143N7O24S5. The minimum Gasteiger partial charge on any atom is -0.516 e. The minimum atomic E-state index is -2.91. The molecule has 0 aliphatic rings. The number of rotatable bonds is 2. The van der Waals surface area contributed by atoms with Crippen molar-refractivity contribution in [1.82, 2.24) is 33.1 Å². The number of amides is 4. The van der Waals surface area contributed by atoms with Crippen LogP contribution in [0.3, 0.4) is 0 Å². The van der Waals surface area contributed by atoms with Crippen LogP contribution >= 0.6 is 0 Å². The first-order valence-electron chi connectivity index (χ1n) is 24.4. The second-order valence-electron chi connectivity index (χ2n) is 15.1. The van der Waals surface area contributed by atoms with Gasteiger partial charge in [-0.15, -0.1) is 92.1 Å². The van der Waals surface area contributed by atoms with E-state index in [9.17, 15) is 67.8 Å². The number of sulfone groups is 1. The lowest BCUT2D eigenvalue weighted by Crippen LogP contribution is -2.20. The van der Waals surface area contributed by atoms with Crippen LogP contribution in [0.5, 0.6) is 0 Å². The number of esters is 2. The molecule has 0 aromatic carbocycles. The summed E-state index contributed by atoms with van der Waals surface area (Å²) in [5.41, 5.74) is 0. The molecule has 0 saturated heterocycles. The number of methoxy groups -OCH3 is 6. The standard InChI is InChI=1S/2C4H9NO2.2C4H9NO.2C3H9NO2S.C3H9N.C3H6O3.2C3H6O2.C3H6O.C2H6O2S.C2H6OS.C2H4O.7C2H4.3CH4.O2S/c2*1-5(2)4(6)7-3;2*1-4(6)5(2)3;2*1-4(2)7(3,5)6;1-4(2)3;1-5-3(4)6-2;2*1-3(4)5-2;1-3(2)4;1-5(2,3)4;1-4(2)3;1-2-3;7*1-2;;;;1-3-2/h2*1-3H3;2*1-3H3;2*1-3H3;1-3H3;1-2H3;2*1-2H3;1-2H3;1-2H3;1-2H3;2-3H,1H2;7*1-2H2;3*1H4;. The lowest BCUT2D eigenvalue weighted by Gasteiger charge is -2.05. The van der Waals surface area contributed by atoms with Crippen LogP contribution in [0.2, 0.25) is 0 Å². The third-order valence-corrected chi connectivity index (χ3v) is 7.23. The highest BCUT2D eigenvalue weighted by atomic mass is 32.2. The van der Waals surface area contributed by atoms with Crippen LogP contribution in [0.25, 0.3) is 0 Å². The predicted molar refractivity (Wildman–Crippen MR) is 410 cm³/mol. The van der Waals surface area contributed by atoms with Gasteiger partial charge in [0.15, 0.2) is 0 Å². The zero-order valence-corrected chi connectivity index (χ0v) is 67.3. The first-order chi connectivity index (χ1) is 41.9. The number of carbonyl (C=O) groups excluding carboxylic acids is 8. The lowest BCUT2D eigenvalue weighted by atomic mass is 10.6. The molecule has 0 rings (SSSR count). The number of aliphatic hydroxyl groups excluding tert-OH is 1. The van der Waals surface area contributed by atoms with Gasteiger partial charge < -0.3 is 62.8 Å². The Balaban J connectivity index is -0.0000000242. The lowest BCUT2D eigenvalue weighted by molar-refractivity contribution is -0.138. The molecule has 0 spiro atoms. The van der Waals surface area contributed by atoms with E-state index in [2.05, 4.69) is 127 Å². The molecule has 0 aliphatic carbocycles. The molecule has 592 valence electrons. The molecule has 0 bridgehead atoms. The molecule has 31 nitrogen and oxygen atoms in total. The van der Waals surface area contributed by atoms with Crippen molar-refractivity contribution in [3.05, 3.63) is 105 Å². The third kappa shape index (κ3) is 594. The average Bonchev–Trinajstić information content (AvgIpc) is 3.46. The molecule has 0 aromatic rings. The number of Topliss-reactive ketones (excluding diaryl/α,β-unsaturated/α-hetero) is 1. The van der Waals surface area contributed by atoms with Gasteiger partial charge in [0.05, 0.1) is 61.4 Å². The van der Waals surface area contributed by atoms with Crippen molar-refractivity contribution < 1.29 is 110 Å².